The van der Waals surface area contributed by atoms with Gasteiger partial charge in [0.05, 0.1) is 13.7 Å². The van der Waals surface area contributed by atoms with Gasteiger partial charge in [-0.3, -0.25) is 4.79 Å². The van der Waals surface area contributed by atoms with E-state index >= 15 is 0 Å². The van der Waals surface area contributed by atoms with E-state index in [1.807, 2.05) is 19.1 Å². The van der Waals surface area contributed by atoms with Gasteiger partial charge in [-0.15, -0.1) is 0 Å². The Morgan fingerprint density at radius 3 is 2.25 bits per heavy atom. The third kappa shape index (κ3) is 5.33. The molecule has 0 aliphatic carbocycles. The topological polar surface area (TPSA) is 77.1 Å². The van der Waals surface area contributed by atoms with E-state index in [0.29, 0.717) is 38.3 Å². The molecule has 1 aliphatic rings. The second-order valence-electron chi connectivity index (χ2n) is 5.48. The molecular weight excluding hydrogens is 312 g/mol. The maximum atomic E-state index is 12.2. The summed E-state index contributed by atoms with van der Waals surface area (Å²) in [5.41, 5.74) is 0. The van der Waals surface area contributed by atoms with Gasteiger partial charge in [0.15, 0.2) is 6.61 Å². The first-order valence-electron chi connectivity index (χ1n) is 8.10. The van der Waals surface area contributed by atoms with Crippen LogP contribution in [0.1, 0.15) is 19.8 Å². The minimum atomic E-state index is -0.432. The van der Waals surface area contributed by atoms with E-state index in [2.05, 4.69) is 10.1 Å². The van der Waals surface area contributed by atoms with Crippen molar-refractivity contribution in [3.8, 4) is 11.5 Å². The predicted molar refractivity (Wildman–Crippen MR) is 88.2 cm³/mol. The van der Waals surface area contributed by atoms with Crippen LogP contribution in [0.2, 0.25) is 0 Å². The van der Waals surface area contributed by atoms with Crippen molar-refractivity contribution in [2.75, 3.05) is 33.4 Å². The molecule has 132 valence electrons. The standard InChI is InChI=1S/C17H24N2O5/c1-3-23-14-4-6-15(7-5-14)24-12-16(20)19-10-8-13(9-11-19)18-17(21)22-2/h4-7,13H,3,8-12H2,1-2H3,(H,18,21). The van der Waals surface area contributed by atoms with E-state index in [4.69, 9.17) is 9.47 Å². The van der Waals surface area contributed by atoms with Gasteiger partial charge in [-0.2, -0.15) is 0 Å². The number of ether oxygens (including phenoxy) is 3. The second-order valence-corrected chi connectivity index (χ2v) is 5.48. The fourth-order valence-electron chi connectivity index (χ4n) is 2.53. The number of hydrogen-bond acceptors (Lipinski definition) is 5. The number of nitrogens with one attached hydrogen (secondary N) is 1. The fraction of sp³-hybridized carbons (Fsp3) is 0.529. The zero-order valence-electron chi connectivity index (χ0n) is 14.1. The summed E-state index contributed by atoms with van der Waals surface area (Å²) in [4.78, 5) is 25.1. The largest absolute Gasteiger partial charge is 0.494 e. The van der Waals surface area contributed by atoms with E-state index < -0.39 is 6.09 Å². The Hall–Kier alpha value is -2.44. The molecule has 7 nitrogen and oxygen atoms in total. The first-order valence-corrected chi connectivity index (χ1v) is 8.10. The highest BCUT2D eigenvalue weighted by atomic mass is 16.5. The molecule has 0 aromatic heterocycles. The molecule has 0 spiro atoms. The number of nitrogens with zero attached hydrogens (tertiary/aromatic N) is 1. The molecule has 1 aliphatic heterocycles. The van der Waals surface area contributed by atoms with Crippen LogP contribution < -0.4 is 14.8 Å². The first kappa shape index (κ1) is 17.9. The average Bonchev–Trinajstić information content (AvgIpc) is 2.61. The van der Waals surface area contributed by atoms with Gasteiger partial charge in [-0.25, -0.2) is 4.79 Å². The average molecular weight is 336 g/mol. The molecule has 2 rings (SSSR count). The SMILES string of the molecule is CCOc1ccc(OCC(=O)N2CCC(NC(=O)OC)CC2)cc1. The number of carbonyl (C=O) groups excluding carboxylic acids is 2. The van der Waals surface area contributed by atoms with Crippen LogP contribution in [0.5, 0.6) is 11.5 Å². The highest BCUT2D eigenvalue weighted by Gasteiger charge is 2.24. The molecule has 1 heterocycles. The zero-order valence-corrected chi connectivity index (χ0v) is 14.1. The van der Waals surface area contributed by atoms with Crippen LogP contribution in [0.3, 0.4) is 0 Å². The molecular formula is C17H24N2O5. The molecule has 1 aromatic rings. The Balaban J connectivity index is 1.72. The minimum absolute atomic E-state index is 0.00305. The lowest BCUT2D eigenvalue weighted by atomic mass is 10.1. The predicted octanol–water partition coefficient (Wildman–Crippen LogP) is 1.81. The molecule has 0 bridgehead atoms. The second kappa shape index (κ2) is 9.00. The van der Waals surface area contributed by atoms with Crippen molar-refractivity contribution in [1.82, 2.24) is 10.2 Å². The summed E-state index contributed by atoms with van der Waals surface area (Å²) in [6.07, 6.45) is 0.993. The van der Waals surface area contributed by atoms with Crippen LogP contribution in [0.4, 0.5) is 4.79 Å². The van der Waals surface area contributed by atoms with Crippen molar-refractivity contribution < 1.29 is 23.8 Å². The highest BCUT2D eigenvalue weighted by molar-refractivity contribution is 5.78. The monoisotopic (exact) mass is 336 g/mol. The van der Waals surface area contributed by atoms with Gasteiger partial charge in [0.25, 0.3) is 5.91 Å². The summed E-state index contributed by atoms with van der Waals surface area (Å²) in [7, 11) is 1.34. The van der Waals surface area contributed by atoms with Crippen LogP contribution in [0.15, 0.2) is 24.3 Å². The normalized spacial score (nSPS) is 14.8. The molecule has 24 heavy (non-hydrogen) atoms. The van der Waals surface area contributed by atoms with Gasteiger partial charge in [-0.1, -0.05) is 0 Å². The lowest BCUT2D eigenvalue weighted by Gasteiger charge is -2.32. The molecule has 0 radical (unpaired) electrons. The molecule has 0 unspecified atom stereocenters. The van der Waals surface area contributed by atoms with Crippen molar-refractivity contribution in [1.29, 1.82) is 0 Å². The van der Waals surface area contributed by atoms with E-state index in [-0.39, 0.29) is 18.6 Å². The summed E-state index contributed by atoms with van der Waals surface area (Å²) in [6.45, 7) is 3.73. The van der Waals surface area contributed by atoms with Gasteiger partial charge >= 0.3 is 6.09 Å². The first-order chi connectivity index (χ1) is 11.6. The number of alkyl carbamates (subject to hydrolysis) is 1. The van der Waals surface area contributed by atoms with E-state index in [1.165, 1.54) is 7.11 Å². The number of hydrogen-bond donors (Lipinski definition) is 1. The van der Waals surface area contributed by atoms with Crippen molar-refractivity contribution in [2.24, 2.45) is 0 Å². The summed E-state index contributed by atoms with van der Waals surface area (Å²) < 4.78 is 15.5. The quantitative estimate of drug-likeness (QED) is 0.857. The van der Waals surface area contributed by atoms with E-state index in [1.54, 1.807) is 17.0 Å². The third-order valence-corrected chi connectivity index (χ3v) is 3.85. The van der Waals surface area contributed by atoms with Crippen LogP contribution >= 0.6 is 0 Å². The number of methoxy groups -OCH3 is 1. The van der Waals surface area contributed by atoms with E-state index in [9.17, 15) is 9.59 Å². The number of piperidine rings is 1. The summed E-state index contributed by atoms with van der Waals surface area (Å²) in [5, 5.41) is 2.76. The third-order valence-electron chi connectivity index (χ3n) is 3.85. The summed E-state index contributed by atoms with van der Waals surface area (Å²) in [6, 6.07) is 7.24. The van der Waals surface area contributed by atoms with Crippen LogP contribution in [-0.2, 0) is 9.53 Å². The molecule has 1 fully saturated rings. The summed E-state index contributed by atoms with van der Waals surface area (Å²) in [5.74, 6) is 1.35. The lowest BCUT2D eigenvalue weighted by Crippen LogP contribution is -2.47. The van der Waals surface area contributed by atoms with Crippen LogP contribution in [0, 0.1) is 0 Å². The Bertz CT molecular complexity index is 538. The Kier molecular flexibility index (Phi) is 6.72. The maximum Gasteiger partial charge on any atom is 0.407 e. The van der Waals surface area contributed by atoms with Crippen LogP contribution in [0.25, 0.3) is 0 Å². The minimum Gasteiger partial charge on any atom is -0.494 e. The van der Waals surface area contributed by atoms with Gasteiger partial charge < -0.3 is 24.4 Å². The highest BCUT2D eigenvalue weighted by Crippen LogP contribution is 2.18. The number of amides is 2. The maximum absolute atomic E-state index is 12.2. The van der Waals surface area contributed by atoms with Gasteiger partial charge in [-0.05, 0) is 44.0 Å². The van der Waals surface area contributed by atoms with Crippen molar-refractivity contribution in [3.05, 3.63) is 24.3 Å². The number of benzene rings is 1. The number of likely N-dealkylation sites (tertiary alicyclic amines) is 1. The number of rotatable bonds is 6. The van der Waals surface area contributed by atoms with Crippen molar-refractivity contribution in [3.63, 3.8) is 0 Å². The van der Waals surface area contributed by atoms with Crippen molar-refractivity contribution in [2.45, 2.75) is 25.8 Å². The molecule has 0 saturated carbocycles. The molecule has 1 N–H and O–H groups in total. The summed E-state index contributed by atoms with van der Waals surface area (Å²) >= 11 is 0. The van der Waals surface area contributed by atoms with Crippen molar-refractivity contribution >= 4 is 12.0 Å². The smallest absolute Gasteiger partial charge is 0.407 e. The molecule has 2 amide bonds. The fourth-order valence-corrected chi connectivity index (χ4v) is 2.53. The molecule has 1 aromatic carbocycles. The molecule has 0 atom stereocenters. The van der Waals surface area contributed by atoms with E-state index in [0.717, 1.165) is 5.75 Å². The zero-order chi connectivity index (χ0) is 17.4. The lowest BCUT2D eigenvalue weighted by molar-refractivity contribution is -0.134. The Morgan fingerprint density at radius 1 is 1.12 bits per heavy atom. The number of carbonyl (C=O) groups is 2. The van der Waals surface area contributed by atoms with Gasteiger partial charge in [0.2, 0.25) is 0 Å². The van der Waals surface area contributed by atoms with Gasteiger partial charge in [0.1, 0.15) is 11.5 Å². The Labute approximate surface area is 141 Å². The Morgan fingerprint density at radius 2 is 1.71 bits per heavy atom. The van der Waals surface area contributed by atoms with Gasteiger partial charge in [0, 0.05) is 19.1 Å². The molecule has 7 heteroatoms. The molecule has 1 saturated heterocycles. The van der Waals surface area contributed by atoms with Crippen LogP contribution in [-0.4, -0.2) is 56.4 Å².